The predicted molar refractivity (Wildman–Crippen MR) is 518 cm³/mol. The number of pyridine rings is 6. The minimum atomic E-state index is -0.913. The largest absolute Gasteiger partial charge is 0.667 e. The fraction of sp³-hybridized carbons (Fsp3) is 0.0424. The highest BCUT2D eigenvalue weighted by Crippen LogP contribution is 2.60. The van der Waals surface area contributed by atoms with Crippen LogP contribution in [0.5, 0.6) is 0 Å². The van der Waals surface area contributed by atoms with E-state index in [4.69, 9.17) is 15.0 Å². The van der Waals surface area contributed by atoms with E-state index in [1.807, 2.05) is 0 Å². The molecule has 0 radical (unpaired) electrons. The van der Waals surface area contributed by atoms with E-state index >= 15 is 0 Å². The Kier molecular flexibility index (Phi) is 9.62. The first-order valence-corrected chi connectivity index (χ1v) is 47.1. The van der Waals surface area contributed by atoms with E-state index in [1.54, 1.807) is 0 Å². The van der Waals surface area contributed by atoms with Gasteiger partial charge in [-0.05, 0) is 183 Å². The van der Waals surface area contributed by atoms with Crippen LogP contribution in [0.4, 0.5) is 5.69 Å². The maximum atomic E-state index is 6.20. The number of imidazole rings is 2. The molecule has 608 valence electrons. The Morgan fingerprint density at radius 3 is 1.21 bits per heavy atom. The molecule has 0 saturated carbocycles. The Morgan fingerprint density at radius 2 is 0.704 bits per heavy atom. The highest BCUT2D eigenvalue weighted by molar-refractivity contribution is 6.24. The molecule has 4 atom stereocenters. The summed E-state index contributed by atoms with van der Waals surface area (Å²) in [5, 5.41) is 16.6. The van der Waals surface area contributed by atoms with Crippen molar-refractivity contribution in [2.45, 2.75) is 30.1 Å². The Bertz CT molecular complexity index is 11100. The smallest absolute Gasteiger partial charge is 0.337 e. The van der Waals surface area contributed by atoms with Crippen LogP contribution in [0, 0.1) is 0 Å². The van der Waals surface area contributed by atoms with Crippen LogP contribution in [0.3, 0.4) is 0 Å². The third kappa shape index (κ3) is 6.22. The van der Waals surface area contributed by atoms with E-state index in [0.717, 1.165) is 105 Å². The summed E-state index contributed by atoms with van der Waals surface area (Å²) < 4.78 is 32.6. The molecular weight excluding hydrogens is 1660 g/mol. The molecule has 0 fully saturated rings. The lowest BCUT2D eigenvalue weighted by Crippen LogP contribution is -2.85. The van der Waals surface area contributed by atoms with Crippen molar-refractivity contribution in [3.05, 3.63) is 399 Å². The van der Waals surface area contributed by atoms with Gasteiger partial charge in [-0.25, -0.2) is 19.1 Å². The van der Waals surface area contributed by atoms with Gasteiger partial charge in [0.15, 0.2) is 0 Å². The van der Waals surface area contributed by atoms with Crippen LogP contribution in [-0.2, 0) is 24.2 Å². The Morgan fingerprint density at radius 1 is 0.319 bits per heavy atom. The van der Waals surface area contributed by atoms with Crippen molar-refractivity contribution < 1.29 is 27.4 Å². The van der Waals surface area contributed by atoms with Crippen molar-refractivity contribution >= 4 is 166 Å². The molecule has 25 aromatic rings. The topological polar surface area (TPSA) is 119 Å². The number of H-pyrrole nitrogens is 2. The van der Waals surface area contributed by atoms with Crippen molar-refractivity contribution in [1.29, 1.82) is 0 Å². The van der Waals surface area contributed by atoms with Crippen molar-refractivity contribution in [3.8, 4) is 90.3 Å². The summed E-state index contributed by atoms with van der Waals surface area (Å²) in [4.78, 5) is 26.9. The van der Waals surface area contributed by atoms with Crippen LogP contribution in [-0.4, -0.2) is 43.9 Å². The van der Waals surface area contributed by atoms with E-state index in [2.05, 4.69) is 392 Å². The Hall–Kier alpha value is -18.1. The molecule has 13 aromatic carbocycles. The van der Waals surface area contributed by atoms with Gasteiger partial charge >= 0.3 is 39.8 Å². The Balaban J connectivity index is 0.577. The number of nitrogens with zero attached hydrogens (tertiary/aromatic N) is 15. The van der Waals surface area contributed by atoms with Crippen molar-refractivity contribution in [2.75, 3.05) is 0 Å². The van der Waals surface area contributed by atoms with E-state index in [9.17, 15) is 0 Å². The normalized spacial score (nSPS) is 18.2. The molecule has 27 heterocycles. The van der Waals surface area contributed by atoms with E-state index in [-0.39, 0.29) is 5.92 Å². The maximum absolute atomic E-state index is 6.20. The standard InChI is InChI=1S/C118H57N17/c1-4-16-56(17-5-1)94-88-49-59-22-10-28-69-82-40-34-68-80-55-81(119-97(80)75-35-41-83-70-29-11-23-60-50-89(94)131(103(60)70)116(130(88)102(59)69)124(82)108(68)109(75)125(83)116)65-46-66(114-120-98-76-36-42-84-71-30-12-24-61-51-90-95(57-18-6-2-7-19-57)91-52-62-25-13-31-72-85-43-37-77(99(98)121-114)111-110(76)126(84)117(127(85)111,132(90)104(61)71)133(91)105(62)72)48-67(47-65)115-122-100-78-38-44-86-73-32-14-26-63-53-92-96(58-20-8-3-9-21-58)93-54-64-27-15-33-74-87-45-39-79(101(100)123-115)113-112(78)128(86)118(129(87)113,134(92)106(63)73)135(93)107(64)74/h1-54,95H,55H2/q+6/p+2. The molecule has 0 saturated heterocycles. The van der Waals surface area contributed by atoms with Crippen LogP contribution >= 0.6 is 0 Å². The summed E-state index contributed by atoms with van der Waals surface area (Å²) in [5.74, 6) is -1.21. The molecule has 4 unspecified atom stereocenters. The van der Waals surface area contributed by atoms with Gasteiger partial charge in [0.2, 0.25) is 56.3 Å². The van der Waals surface area contributed by atoms with Gasteiger partial charge in [0.1, 0.15) is 33.8 Å². The number of rotatable bonds is 6. The molecule has 2 N–H and O–H groups in total. The van der Waals surface area contributed by atoms with E-state index in [1.165, 1.54) is 222 Å². The number of fused-ring (bicyclic) bond motifs is 15. The third-order valence-corrected chi connectivity index (χ3v) is 34.3. The zero-order chi connectivity index (χ0) is 85.5. The van der Waals surface area contributed by atoms with Gasteiger partial charge < -0.3 is 9.97 Å². The minimum absolute atomic E-state index is 0.0372. The van der Waals surface area contributed by atoms with Gasteiger partial charge in [-0.3, -0.25) is 4.99 Å². The SMILES string of the molecule is C1=c2cccc3c2=[N+]2C1=C(c1ccccc1)c1cc4cccc5c4n1C21[n+]2c-5ccc4c5c(c6ccc-3[n+]1c6c42)N=C(c1cc(-c2nc3c4ccc6[n+]7c4c4c(ccc8[n+]4C74n7c(cc9cccc-6c97)C(c6ccccc6)c6cc7cccc-8c7n64)c3[nH]2)cc(-c2nc3c4ccc6[n+]7c4c4c(ccc8[n+]4C74n7c(cc9cccc-8c97)C(c7ccccc7)=C7C=c8cccc-6c8=[N+]74)c3[nH]2)c1)C5. The Labute approximate surface area is 759 Å². The second kappa shape index (κ2) is 20.1. The number of aromatic amines is 2. The van der Waals surface area contributed by atoms with Gasteiger partial charge in [-0.1, -0.05) is 161 Å². The molecule has 0 amide bonds. The van der Waals surface area contributed by atoms with Gasteiger partial charge in [-0.2, -0.15) is 9.13 Å². The number of allylic oxidation sites excluding steroid dienone is 2. The lowest BCUT2D eigenvalue weighted by atomic mass is 9.90. The monoisotopic (exact) mass is 1710 g/mol. The van der Waals surface area contributed by atoms with Crippen LogP contribution in [0.1, 0.15) is 56.5 Å². The third-order valence-electron chi connectivity index (χ3n) is 34.3. The number of benzene rings is 13. The van der Waals surface area contributed by atoms with Crippen LogP contribution in [0.25, 0.3) is 245 Å². The zero-order valence-electron chi connectivity index (χ0n) is 71.2. The van der Waals surface area contributed by atoms with E-state index in [0.29, 0.717) is 6.42 Å². The van der Waals surface area contributed by atoms with Gasteiger partial charge in [0.05, 0.1) is 138 Å². The first kappa shape index (κ1) is 64.6. The fourth-order valence-electron chi connectivity index (χ4n) is 30.0. The summed E-state index contributed by atoms with van der Waals surface area (Å²) >= 11 is 0. The first-order valence-electron chi connectivity index (χ1n) is 47.1. The molecule has 135 heavy (non-hydrogen) atoms. The van der Waals surface area contributed by atoms with Gasteiger partial charge in [0, 0.05) is 99.0 Å². The van der Waals surface area contributed by atoms with Crippen molar-refractivity contribution in [1.82, 2.24) is 47.4 Å². The molecular formula is C118H59N17+8. The molecule has 15 aliphatic rings. The fourth-order valence-corrected chi connectivity index (χ4v) is 30.0. The quantitative estimate of drug-likeness (QED) is 0.127. The summed E-state index contributed by atoms with van der Waals surface area (Å²) in [7, 11) is 0. The molecule has 17 nitrogen and oxygen atoms in total. The first-order chi connectivity index (χ1) is 67.0. The molecule has 3 spiro atoms. The number of hydrogen-bond acceptors (Lipinski definition) is 3. The van der Waals surface area contributed by atoms with Crippen molar-refractivity contribution in [3.63, 3.8) is 0 Å². The second-order valence-electron chi connectivity index (χ2n) is 39.7. The zero-order valence-corrected chi connectivity index (χ0v) is 71.2. The molecule has 15 aliphatic heterocycles. The summed E-state index contributed by atoms with van der Waals surface area (Å²) in [5.41, 5.74) is 49.7. The molecule has 40 rings (SSSR count). The minimum Gasteiger partial charge on any atom is -0.337 e. The van der Waals surface area contributed by atoms with Crippen LogP contribution in [0.15, 0.2) is 332 Å². The van der Waals surface area contributed by atoms with Crippen LogP contribution in [0.2, 0.25) is 0 Å². The van der Waals surface area contributed by atoms with Gasteiger partial charge in [-0.15, -0.1) is 0 Å². The van der Waals surface area contributed by atoms with E-state index < -0.39 is 17.7 Å². The molecule has 0 aliphatic carbocycles. The number of aromatic nitrogens is 14. The summed E-state index contributed by atoms with van der Waals surface area (Å²) in [6.45, 7) is 0. The molecule has 17 heteroatoms. The van der Waals surface area contributed by atoms with Gasteiger partial charge in [0.25, 0.3) is 11.0 Å². The highest BCUT2D eigenvalue weighted by atomic mass is 15.6. The lowest BCUT2D eigenvalue weighted by molar-refractivity contribution is -0.968. The average Bonchev–Trinajstić information content (AvgIpc) is 1.46. The molecule has 0 bridgehead atoms. The number of aliphatic imine (C=N–C) groups is 1. The van der Waals surface area contributed by atoms with Crippen molar-refractivity contribution in [2.24, 2.45) is 4.99 Å². The second-order valence-corrected chi connectivity index (χ2v) is 39.7. The number of nitrogens with one attached hydrogen (secondary N) is 2. The number of para-hydroxylation sites is 6. The maximum Gasteiger partial charge on any atom is 0.667 e. The summed E-state index contributed by atoms with van der Waals surface area (Å²) in [6.07, 6.45) is 5.51. The summed E-state index contributed by atoms with van der Waals surface area (Å²) in [6, 6.07) is 121. The average molecular weight is 1710 g/mol. The highest BCUT2D eigenvalue weighted by Gasteiger charge is 2.82. The lowest BCUT2D eigenvalue weighted by Gasteiger charge is -2.39. The number of hydrogen-bond donors (Lipinski definition) is 2. The predicted octanol–water partition coefficient (Wildman–Crippen LogP) is 16.3. The van der Waals surface area contributed by atoms with Crippen LogP contribution < -0.4 is 57.7 Å². The molecule has 12 aromatic heterocycles.